The fourth-order valence-corrected chi connectivity index (χ4v) is 5.44. The molecule has 0 aromatic heterocycles. The summed E-state index contributed by atoms with van der Waals surface area (Å²) < 4.78 is 40.8. The molecular formula is C15H21ClFNO2S. The fraction of sp³-hybridized carbons (Fsp3) is 0.600. The van der Waals surface area contributed by atoms with Crippen LogP contribution in [0.15, 0.2) is 17.0 Å². The Hall–Kier alpha value is -0.650. The van der Waals surface area contributed by atoms with E-state index in [1.807, 2.05) is 0 Å². The van der Waals surface area contributed by atoms with Crippen LogP contribution in [0.5, 0.6) is 0 Å². The highest BCUT2D eigenvalue weighted by Gasteiger charge is 2.36. The van der Waals surface area contributed by atoms with Gasteiger partial charge in [-0.1, -0.05) is 0 Å². The molecule has 6 heteroatoms. The number of hydrogen-bond acceptors (Lipinski definition) is 2. The zero-order chi connectivity index (χ0) is 15.6. The number of halogens is 2. The maximum atomic E-state index is 13.4. The normalized spacial score (nSPS) is 20.1. The quantitative estimate of drug-likeness (QED) is 0.772. The summed E-state index contributed by atoms with van der Waals surface area (Å²) in [5.74, 6) is 0.142. The molecule has 0 radical (unpaired) electrons. The van der Waals surface area contributed by atoms with Gasteiger partial charge in [0.15, 0.2) is 0 Å². The van der Waals surface area contributed by atoms with Crippen LogP contribution in [-0.4, -0.2) is 31.2 Å². The van der Waals surface area contributed by atoms with E-state index >= 15 is 0 Å². The molecule has 0 amide bonds. The second-order valence-corrected chi connectivity index (χ2v) is 7.82. The number of rotatable bonds is 5. The summed E-state index contributed by atoms with van der Waals surface area (Å²) >= 11 is 5.72. The lowest BCUT2D eigenvalue weighted by atomic mass is 10.1. The van der Waals surface area contributed by atoms with E-state index in [9.17, 15) is 12.8 Å². The summed E-state index contributed by atoms with van der Waals surface area (Å²) in [7, 11) is -3.57. The third-order valence-corrected chi connectivity index (χ3v) is 6.51. The topological polar surface area (TPSA) is 37.4 Å². The molecule has 2 rings (SSSR count). The summed E-state index contributed by atoms with van der Waals surface area (Å²) in [5.41, 5.74) is 0.936. The van der Waals surface area contributed by atoms with E-state index in [1.165, 1.54) is 12.1 Å². The molecule has 1 aliphatic rings. The molecule has 0 N–H and O–H groups in total. The van der Waals surface area contributed by atoms with Crippen LogP contribution in [0.2, 0.25) is 0 Å². The van der Waals surface area contributed by atoms with Crippen molar-refractivity contribution in [1.29, 1.82) is 0 Å². The summed E-state index contributed by atoms with van der Waals surface area (Å²) in [6.45, 7) is 3.82. The highest BCUT2D eigenvalue weighted by atomic mass is 35.5. The van der Waals surface area contributed by atoms with Crippen LogP contribution in [0.4, 0.5) is 4.39 Å². The molecule has 1 aromatic rings. The number of nitrogens with zero attached hydrogens (tertiary/aromatic N) is 1. The number of alkyl halides is 1. The van der Waals surface area contributed by atoms with E-state index in [0.717, 1.165) is 25.7 Å². The number of hydrogen-bond donors (Lipinski definition) is 0. The number of benzene rings is 1. The van der Waals surface area contributed by atoms with Crippen LogP contribution < -0.4 is 0 Å². The molecule has 118 valence electrons. The van der Waals surface area contributed by atoms with Crippen molar-refractivity contribution in [3.05, 3.63) is 29.1 Å². The van der Waals surface area contributed by atoms with Crippen molar-refractivity contribution in [2.75, 3.05) is 12.4 Å². The molecule has 0 saturated carbocycles. The molecule has 0 aliphatic carbocycles. The Labute approximate surface area is 131 Å². The van der Waals surface area contributed by atoms with Gasteiger partial charge in [-0.05, 0) is 62.8 Å². The van der Waals surface area contributed by atoms with Crippen molar-refractivity contribution in [3.63, 3.8) is 0 Å². The third-order valence-electron chi connectivity index (χ3n) is 3.99. The molecule has 1 aromatic carbocycles. The minimum absolute atomic E-state index is 0.0117. The van der Waals surface area contributed by atoms with Gasteiger partial charge >= 0.3 is 0 Å². The van der Waals surface area contributed by atoms with Gasteiger partial charge in [-0.2, -0.15) is 4.31 Å². The Morgan fingerprint density at radius 2 is 1.95 bits per heavy atom. The molecular weight excluding hydrogens is 313 g/mol. The third kappa shape index (κ3) is 3.41. The summed E-state index contributed by atoms with van der Waals surface area (Å²) in [4.78, 5) is 0.252. The standard InChI is InChI=1S/C15H21ClFNO2S/c1-11-9-13(17)10-12(2)15(11)21(19,20)18-8-4-6-14(18)5-3-7-16/h9-10,14H,3-8H2,1-2H3. The highest BCUT2D eigenvalue weighted by Crippen LogP contribution is 2.32. The van der Waals surface area contributed by atoms with Crippen molar-refractivity contribution in [2.24, 2.45) is 0 Å². The Morgan fingerprint density at radius 1 is 1.33 bits per heavy atom. The van der Waals surface area contributed by atoms with E-state index < -0.39 is 15.8 Å². The van der Waals surface area contributed by atoms with Crippen LogP contribution in [0, 0.1) is 19.7 Å². The maximum Gasteiger partial charge on any atom is 0.243 e. The summed E-state index contributed by atoms with van der Waals surface area (Å²) in [5, 5.41) is 0. The predicted molar refractivity (Wildman–Crippen MR) is 82.7 cm³/mol. The van der Waals surface area contributed by atoms with Crippen LogP contribution in [0.1, 0.15) is 36.8 Å². The van der Waals surface area contributed by atoms with Crippen LogP contribution >= 0.6 is 11.6 Å². The smallest absolute Gasteiger partial charge is 0.207 e. The van der Waals surface area contributed by atoms with Crippen molar-refractivity contribution in [1.82, 2.24) is 4.31 Å². The first kappa shape index (κ1) is 16.7. The monoisotopic (exact) mass is 333 g/mol. The summed E-state index contributed by atoms with van der Waals surface area (Å²) in [6.07, 6.45) is 3.32. The fourth-order valence-electron chi connectivity index (χ4n) is 3.15. The van der Waals surface area contributed by atoms with E-state index in [-0.39, 0.29) is 10.9 Å². The van der Waals surface area contributed by atoms with Crippen molar-refractivity contribution in [2.45, 2.75) is 50.5 Å². The van der Waals surface area contributed by atoms with Crippen molar-refractivity contribution < 1.29 is 12.8 Å². The van der Waals surface area contributed by atoms with Gasteiger partial charge in [-0.3, -0.25) is 0 Å². The van der Waals surface area contributed by atoms with Crippen LogP contribution in [-0.2, 0) is 10.0 Å². The largest absolute Gasteiger partial charge is 0.243 e. The lowest BCUT2D eigenvalue weighted by Gasteiger charge is -2.25. The Kier molecular flexibility index (Phi) is 5.28. The Morgan fingerprint density at radius 3 is 2.52 bits per heavy atom. The lowest BCUT2D eigenvalue weighted by Crippen LogP contribution is -2.36. The van der Waals surface area contributed by atoms with Crippen LogP contribution in [0.3, 0.4) is 0 Å². The number of aryl methyl sites for hydroxylation is 2. The molecule has 0 spiro atoms. The molecule has 1 atom stereocenters. The van der Waals surface area contributed by atoms with E-state index in [0.29, 0.717) is 23.6 Å². The zero-order valence-electron chi connectivity index (χ0n) is 12.4. The average molecular weight is 334 g/mol. The predicted octanol–water partition coefficient (Wildman–Crippen LogP) is 3.61. The molecule has 1 unspecified atom stereocenters. The molecule has 1 fully saturated rings. The molecule has 21 heavy (non-hydrogen) atoms. The second-order valence-electron chi connectivity index (χ2n) is 5.61. The van der Waals surface area contributed by atoms with E-state index in [4.69, 9.17) is 11.6 Å². The molecule has 3 nitrogen and oxygen atoms in total. The molecule has 1 heterocycles. The minimum atomic E-state index is -3.57. The second kappa shape index (κ2) is 6.63. The van der Waals surface area contributed by atoms with Crippen molar-refractivity contribution in [3.8, 4) is 0 Å². The van der Waals surface area contributed by atoms with Gasteiger partial charge in [0.1, 0.15) is 5.82 Å². The minimum Gasteiger partial charge on any atom is -0.207 e. The average Bonchev–Trinajstić information content (AvgIpc) is 2.83. The van der Waals surface area contributed by atoms with Gasteiger partial charge in [0, 0.05) is 18.5 Å². The van der Waals surface area contributed by atoms with Gasteiger partial charge in [0.2, 0.25) is 10.0 Å². The lowest BCUT2D eigenvalue weighted by molar-refractivity contribution is 0.368. The van der Waals surface area contributed by atoms with Crippen molar-refractivity contribution >= 4 is 21.6 Å². The zero-order valence-corrected chi connectivity index (χ0v) is 14.0. The number of sulfonamides is 1. The van der Waals surface area contributed by atoms with E-state index in [1.54, 1.807) is 18.2 Å². The van der Waals surface area contributed by atoms with Gasteiger partial charge in [0.25, 0.3) is 0 Å². The molecule has 1 aliphatic heterocycles. The SMILES string of the molecule is Cc1cc(F)cc(C)c1S(=O)(=O)N1CCCC1CCCCl. The van der Waals surface area contributed by atoms with E-state index in [2.05, 4.69) is 0 Å². The molecule has 1 saturated heterocycles. The van der Waals surface area contributed by atoms with Gasteiger partial charge in [-0.15, -0.1) is 11.6 Å². The Balaban J connectivity index is 2.38. The first-order chi connectivity index (χ1) is 9.87. The maximum absolute atomic E-state index is 13.4. The molecule has 0 bridgehead atoms. The van der Waals surface area contributed by atoms with Gasteiger partial charge < -0.3 is 0 Å². The summed E-state index contributed by atoms with van der Waals surface area (Å²) in [6, 6.07) is 2.57. The van der Waals surface area contributed by atoms with Crippen LogP contribution in [0.25, 0.3) is 0 Å². The van der Waals surface area contributed by atoms with Gasteiger partial charge in [-0.25, -0.2) is 12.8 Å². The Bertz CT molecular complexity index is 595. The van der Waals surface area contributed by atoms with Gasteiger partial charge in [0.05, 0.1) is 4.90 Å². The first-order valence-corrected chi connectivity index (χ1v) is 9.20. The first-order valence-electron chi connectivity index (χ1n) is 7.22. The highest BCUT2D eigenvalue weighted by molar-refractivity contribution is 7.89.